The molecule has 0 spiro atoms. The minimum atomic E-state index is -0.201. The second-order valence-electron chi connectivity index (χ2n) is 3.47. The van der Waals surface area contributed by atoms with Crippen LogP contribution in [0.25, 0.3) is 0 Å². The Labute approximate surface area is 76.5 Å². The lowest BCUT2D eigenvalue weighted by molar-refractivity contribution is -0.136. The van der Waals surface area contributed by atoms with Gasteiger partial charge in [-0.1, -0.05) is 6.08 Å². The number of esters is 1. The van der Waals surface area contributed by atoms with E-state index in [0.717, 1.165) is 18.4 Å². The molecule has 0 aromatic carbocycles. The van der Waals surface area contributed by atoms with E-state index in [1.54, 1.807) is 0 Å². The van der Waals surface area contributed by atoms with E-state index in [9.17, 15) is 4.79 Å². The highest BCUT2D eigenvalue weighted by molar-refractivity contribution is 6.21. The van der Waals surface area contributed by atoms with Gasteiger partial charge in [0.2, 0.25) is 0 Å². The normalized spacial score (nSPS) is 38.2. The van der Waals surface area contributed by atoms with Gasteiger partial charge in [0.25, 0.3) is 0 Å². The summed E-state index contributed by atoms with van der Waals surface area (Å²) in [5, 5.41) is 0.147. The summed E-state index contributed by atoms with van der Waals surface area (Å²) in [6.07, 6.45) is 4.08. The van der Waals surface area contributed by atoms with E-state index in [-0.39, 0.29) is 17.3 Å². The summed E-state index contributed by atoms with van der Waals surface area (Å²) in [6, 6.07) is 0. The Balaban J connectivity index is 2.19. The zero-order valence-electron chi connectivity index (χ0n) is 6.92. The molecule has 0 N–H and O–H groups in total. The number of methoxy groups -OCH3 is 1. The van der Waals surface area contributed by atoms with Crippen molar-refractivity contribution in [2.75, 3.05) is 7.11 Å². The summed E-state index contributed by atoms with van der Waals surface area (Å²) < 4.78 is 4.67. The molecule has 0 radical (unpaired) electrons. The largest absolute Gasteiger partial charge is 0.466 e. The van der Waals surface area contributed by atoms with Crippen molar-refractivity contribution in [1.82, 2.24) is 0 Å². The van der Waals surface area contributed by atoms with Gasteiger partial charge in [-0.3, -0.25) is 0 Å². The molecule has 0 aromatic rings. The Kier molecular flexibility index (Phi) is 1.87. The molecule has 12 heavy (non-hydrogen) atoms. The molecule has 0 aromatic heterocycles. The van der Waals surface area contributed by atoms with Crippen LogP contribution in [0.4, 0.5) is 0 Å². The van der Waals surface area contributed by atoms with Crippen LogP contribution >= 0.6 is 11.6 Å². The van der Waals surface area contributed by atoms with Gasteiger partial charge < -0.3 is 4.74 Å². The maximum Gasteiger partial charge on any atom is 0.333 e. The van der Waals surface area contributed by atoms with Crippen LogP contribution in [0.1, 0.15) is 12.8 Å². The Morgan fingerprint density at radius 2 is 2.42 bits per heavy atom. The smallest absolute Gasteiger partial charge is 0.333 e. The highest BCUT2D eigenvalue weighted by Crippen LogP contribution is 2.46. The van der Waals surface area contributed by atoms with Gasteiger partial charge >= 0.3 is 5.97 Å². The standard InChI is InChI=1S/C9H11ClO2/c1-12-9(11)7-3-5-2-6(7)8(10)4-5/h3,5-6,8H,2,4H2,1H3. The van der Waals surface area contributed by atoms with Crippen molar-refractivity contribution in [3.63, 3.8) is 0 Å². The predicted octanol–water partition coefficient (Wildman–Crippen LogP) is 1.73. The third-order valence-electron chi connectivity index (χ3n) is 2.76. The number of allylic oxidation sites excluding steroid dienone is 1. The van der Waals surface area contributed by atoms with Gasteiger partial charge in [-0.25, -0.2) is 4.79 Å². The van der Waals surface area contributed by atoms with Crippen molar-refractivity contribution < 1.29 is 9.53 Å². The van der Waals surface area contributed by atoms with Crippen LogP contribution in [0.15, 0.2) is 11.6 Å². The van der Waals surface area contributed by atoms with Gasteiger partial charge in [-0.05, 0) is 18.8 Å². The fourth-order valence-corrected chi connectivity index (χ4v) is 2.66. The Morgan fingerprint density at radius 3 is 2.92 bits per heavy atom. The molecule has 0 aliphatic heterocycles. The topological polar surface area (TPSA) is 26.3 Å². The van der Waals surface area contributed by atoms with E-state index in [0.29, 0.717) is 5.92 Å². The monoisotopic (exact) mass is 186 g/mol. The highest BCUT2D eigenvalue weighted by Gasteiger charge is 2.42. The van der Waals surface area contributed by atoms with Crippen LogP contribution in [0.5, 0.6) is 0 Å². The van der Waals surface area contributed by atoms with Crippen LogP contribution in [0.3, 0.4) is 0 Å². The first-order chi connectivity index (χ1) is 5.72. The summed E-state index contributed by atoms with van der Waals surface area (Å²) in [5.41, 5.74) is 0.800. The maximum absolute atomic E-state index is 11.2. The number of carbonyl (C=O) groups is 1. The first-order valence-electron chi connectivity index (χ1n) is 4.16. The molecule has 3 atom stereocenters. The number of fused-ring (bicyclic) bond motifs is 2. The number of carbonyl (C=O) groups excluding carboxylic acids is 1. The van der Waals surface area contributed by atoms with Crippen molar-refractivity contribution in [3.8, 4) is 0 Å². The molecule has 3 unspecified atom stereocenters. The molecule has 0 heterocycles. The van der Waals surface area contributed by atoms with Crippen molar-refractivity contribution in [2.45, 2.75) is 18.2 Å². The molecule has 0 saturated heterocycles. The lowest BCUT2D eigenvalue weighted by Crippen LogP contribution is -2.18. The van der Waals surface area contributed by atoms with Crippen molar-refractivity contribution in [3.05, 3.63) is 11.6 Å². The van der Waals surface area contributed by atoms with E-state index in [1.807, 2.05) is 6.08 Å². The molecule has 0 amide bonds. The van der Waals surface area contributed by atoms with Crippen LogP contribution in [-0.4, -0.2) is 18.5 Å². The predicted molar refractivity (Wildman–Crippen MR) is 46.0 cm³/mol. The molecule has 3 heteroatoms. The Morgan fingerprint density at radius 1 is 1.67 bits per heavy atom. The average molecular weight is 187 g/mol. The summed E-state index contributed by atoms with van der Waals surface area (Å²) in [5.74, 6) is 0.573. The van der Waals surface area contributed by atoms with Gasteiger partial charge in [-0.2, -0.15) is 0 Å². The Bertz CT molecular complexity index is 247. The minimum absolute atomic E-state index is 0.147. The average Bonchev–Trinajstić information content (AvgIpc) is 2.60. The zero-order valence-corrected chi connectivity index (χ0v) is 7.67. The minimum Gasteiger partial charge on any atom is -0.466 e. The molecule has 2 rings (SSSR count). The summed E-state index contributed by atoms with van der Waals surface area (Å²) in [7, 11) is 1.42. The number of hydrogen-bond donors (Lipinski definition) is 0. The highest BCUT2D eigenvalue weighted by atomic mass is 35.5. The molecule has 2 aliphatic rings. The van der Waals surface area contributed by atoms with E-state index in [1.165, 1.54) is 7.11 Å². The van der Waals surface area contributed by atoms with E-state index >= 15 is 0 Å². The molecule has 1 saturated carbocycles. The summed E-state index contributed by atoms with van der Waals surface area (Å²) in [4.78, 5) is 11.2. The van der Waals surface area contributed by atoms with E-state index in [2.05, 4.69) is 4.74 Å². The van der Waals surface area contributed by atoms with Gasteiger partial charge in [-0.15, -0.1) is 11.6 Å². The lowest BCUT2D eigenvalue weighted by atomic mass is 9.98. The number of halogens is 1. The maximum atomic E-state index is 11.2. The van der Waals surface area contributed by atoms with E-state index < -0.39 is 0 Å². The third kappa shape index (κ3) is 1.06. The first kappa shape index (κ1) is 8.11. The number of alkyl halides is 1. The van der Waals surface area contributed by atoms with Gasteiger partial charge in [0.05, 0.1) is 7.11 Å². The zero-order chi connectivity index (χ0) is 8.72. The van der Waals surface area contributed by atoms with E-state index in [4.69, 9.17) is 11.6 Å². The molecular weight excluding hydrogens is 176 g/mol. The van der Waals surface area contributed by atoms with Crippen LogP contribution < -0.4 is 0 Å². The molecule has 1 fully saturated rings. The van der Waals surface area contributed by atoms with Gasteiger partial charge in [0.1, 0.15) is 0 Å². The SMILES string of the molecule is COC(=O)C1=CC2CC(Cl)C1C2. The lowest BCUT2D eigenvalue weighted by Gasteiger charge is -2.15. The van der Waals surface area contributed by atoms with Crippen molar-refractivity contribution in [2.24, 2.45) is 11.8 Å². The Hall–Kier alpha value is -0.500. The summed E-state index contributed by atoms with van der Waals surface area (Å²) >= 11 is 6.06. The number of hydrogen-bond acceptors (Lipinski definition) is 2. The summed E-state index contributed by atoms with van der Waals surface area (Å²) in [6.45, 7) is 0. The second-order valence-corrected chi connectivity index (χ2v) is 4.03. The van der Waals surface area contributed by atoms with Crippen LogP contribution in [-0.2, 0) is 9.53 Å². The molecular formula is C9H11ClO2. The molecule has 2 aliphatic carbocycles. The fourth-order valence-electron chi connectivity index (χ4n) is 2.20. The molecule has 66 valence electrons. The second kappa shape index (κ2) is 2.77. The van der Waals surface area contributed by atoms with Crippen LogP contribution in [0.2, 0.25) is 0 Å². The molecule has 2 bridgehead atoms. The van der Waals surface area contributed by atoms with Crippen molar-refractivity contribution >= 4 is 17.6 Å². The first-order valence-corrected chi connectivity index (χ1v) is 4.60. The van der Waals surface area contributed by atoms with Crippen LogP contribution in [0, 0.1) is 11.8 Å². The number of ether oxygens (including phenoxy) is 1. The third-order valence-corrected chi connectivity index (χ3v) is 3.24. The van der Waals surface area contributed by atoms with Gasteiger partial charge in [0, 0.05) is 16.9 Å². The quantitative estimate of drug-likeness (QED) is 0.461. The molecule has 2 nitrogen and oxygen atoms in total. The van der Waals surface area contributed by atoms with Gasteiger partial charge in [0.15, 0.2) is 0 Å². The number of rotatable bonds is 1. The fraction of sp³-hybridized carbons (Fsp3) is 0.667. The van der Waals surface area contributed by atoms with Crippen molar-refractivity contribution in [1.29, 1.82) is 0 Å².